The number of amides is 1. The molecule has 0 aliphatic rings. The van der Waals surface area contributed by atoms with Crippen LogP contribution in [-0.4, -0.2) is 27.2 Å². The molecule has 0 saturated carbocycles. The van der Waals surface area contributed by atoms with Crippen molar-refractivity contribution in [2.45, 2.75) is 32.8 Å². The van der Waals surface area contributed by atoms with Gasteiger partial charge in [0.15, 0.2) is 11.6 Å². The normalized spacial score (nSPS) is 11.1. The molecule has 34 heavy (non-hydrogen) atoms. The highest BCUT2D eigenvalue weighted by Gasteiger charge is 2.29. The molecule has 3 aromatic carbocycles. The van der Waals surface area contributed by atoms with Gasteiger partial charge in [-0.25, -0.2) is 17.1 Å². The van der Waals surface area contributed by atoms with Crippen LogP contribution in [0, 0.1) is 5.82 Å². The molecule has 0 bridgehead atoms. The third-order valence-electron chi connectivity index (χ3n) is 5.14. The second kappa shape index (κ2) is 11.7. The lowest BCUT2D eigenvalue weighted by molar-refractivity contribution is -0.117. The average Bonchev–Trinajstić information content (AvgIpc) is 2.83. The van der Waals surface area contributed by atoms with Crippen molar-refractivity contribution in [2.24, 2.45) is 0 Å². The van der Waals surface area contributed by atoms with Crippen LogP contribution < -0.4 is 13.8 Å². The zero-order valence-electron chi connectivity index (χ0n) is 19.2. The summed E-state index contributed by atoms with van der Waals surface area (Å²) < 4.78 is 51.2. The van der Waals surface area contributed by atoms with Gasteiger partial charge >= 0.3 is 0 Å². The Hall–Kier alpha value is -3.39. The van der Waals surface area contributed by atoms with Crippen LogP contribution in [0.2, 0.25) is 0 Å². The van der Waals surface area contributed by atoms with Gasteiger partial charge in [0.05, 0.1) is 18.6 Å². The van der Waals surface area contributed by atoms with Crippen molar-refractivity contribution in [1.29, 1.82) is 0 Å². The minimum absolute atomic E-state index is 0.0291. The highest BCUT2D eigenvalue weighted by atomic mass is 32.2. The zero-order chi connectivity index (χ0) is 24.6. The van der Waals surface area contributed by atoms with Gasteiger partial charge in [-0.15, -0.1) is 0 Å². The summed E-state index contributed by atoms with van der Waals surface area (Å²) in [5, 5.41) is 0. The number of nitrogens with zero attached hydrogens (tertiary/aromatic N) is 1. The number of carbonyl (C=O) groups is 1. The Kier molecular flexibility index (Phi) is 8.65. The van der Waals surface area contributed by atoms with E-state index in [-0.39, 0.29) is 23.6 Å². The topological polar surface area (TPSA) is 72.9 Å². The molecule has 3 rings (SSSR count). The van der Waals surface area contributed by atoms with E-state index in [1.807, 2.05) is 54.6 Å². The fourth-order valence-corrected chi connectivity index (χ4v) is 4.97. The minimum atomic E-state index is -3.95. The summed E-state index contributed by atoms with van der Waals surface area (Å²) >= 11 is 0. The van der Waals surface area contributed by atoms with Gasteiger partial charge < -0.3 is 9.47 Å². The number of hydrogen-bond donors (Lipinski definition) is 0. The molecule has 0 aliphatic carbocycles. The Morgan fingerprint density at radius 2 is 1.68 bits per heavy atom. The van der Waals surface area contributed by atoms with Gasteiger partial charge in [-0.2, -0.15) is 0 Å². The summed E-state index contributed by atoms with van der Waals surface area (Å²) in [6.07, 6.45) is 0.602. The van der Waals surface area contributed by atoms with Crippen LogP contribution >= 0.6 is 0 Å². The lowest BCUT2D eigenvalue weighted by Crippen LogP contribution is -2.38. The predicted octanol–water partition coefficient (Wildman–Crippen LogP) is 5.12. The summed E-state index contributed by atoms with van der Waals surface area (Å²) in [5.41, 5.74) is 1.87. The maximum atomic E-state index is 14.2. The smallest absolute Gasteiger partial charge is 0.241 e. The number of aryl methyl sites for hydroxylation is 1. The fourth-order valence-electron chi connectivity index (χ4n) is 3.44. The van der Waals surface area contributed by atoms with E-state index in [4.69, 9.17) is 9.47 Å². The van der Waals surface area contributed by atoms with Gasteiger partial charge in [0.1, 0.15) is 12.4 Å². The van der Waals surface area contributed by atoms with Crippen molar-refractivity contribution >= 4 is 21.6 Å². The van der Waals surface area contributed by atoms with E-state index >= 15 is 0 Å². The Bertz CT molecular complexity index is 1200. The van der Waals surface area contributed by atoms with E-state index in [1.165, 1.54) is 19.2 Å². The summed E-state index contributed by atoms with van der Waals surface area (Å²) in [5.74, 6) is -0.920. The summed E-state index contributed by atoms with van der Waals surface area (Å²) in [7, 11) is -2.64. The number of hydrogen-bond acceptors (Lipinski definition) is 5. The largest absolute Gasteiger partial charge is 0.494 e. The molecular formula is C26H28FNO5S. The minimum Gasteiger partial charge on any atom is -0.494 e. The number of sulfonamides is 1. The van der Waals surface area contributed by atoms with Crippen LogP contribution in [0.25, 0.3) is 0 Å². The van der Waals surface area contributed by atoms with E-state index in [2.05, 4.69) is 0 Å². The lowest BCUT2D eigenvalue weighted by Gasteiger charge is -2.23. The van der Waals surface area contributed by atoms with E-state index in [0.29, 0.717) is 29.5 Å². The van der Waals surface area contributed by atoms with Gasteiger partial charge in [-0.1, -0.05) is 49.4 Å². The number of methoxy groups -OCH3 is 1. The molecule has 0 N–H and O–H groups in total. The first kappa shape index (κ1) is 25.2. The molecule has 0 spiro atoms. The number of anilines is 1. The first-order valence-corrected chi connectivity index (χ1v) is 12.6. The van der Waals surface area contributed by atoms with Gasteiger partial charge in [0, 0.05) is 12.5 Å². The first-order chi connectivity index (χ1) is 16.3. The molecule has 8 heteroatoms. The van der Waals surface area contributed by atoms with Crippen LogP contribution in [0.3, 0.4) is 0 Å². The quantitative estimate of drug-likeness (QED) is 0.377. The van der Waals surface area contributed by atoms with Crippen molar-refractivity contribution in [3.8, 4) is 11.5 Å². The first-order valence-electron chi connectivity index (χ1n) is 11.0. The van der Waals surface area contributed by atoms with Crippen LogP contribution in [0.15, 0.2) is 72.8 Å². The Labute approximate surface area is 200 Å². The van der Waals surface area contributed by atoms with Crippen LogP contribution in [0.5, 0.6) is 11.5 Å². The molecule has 0 saturated heterocycles. The fraction of sp³-hybridized carbons (Fsp3) is 0.269. The highest BCUT2D eigenvalue weighted by Crippen LogP contribution is 2.27. The molecule has 0 unspecified atom stereocenters. The highest BCUT2D eigenvalue weighted by molar-refractivity contribution is 7.93. The lowest BCUT2D eigenvalue weighted by atomic mass is 10.1. The SMILES string of the molecule is CCCS(=O)(=O)N(C(=O)CCc1ccc(OCc2ccccc2)cc1)c1ccc(OC)c(F)c1. The molecule has 0 atom stereocenters. The average molecular weight is 486 g/mol. The monoisotopic (exact) mass is 485 g/mol. The van der Waals surface area contributed by atoms with Crippen molar-refractivity contribution in [2.75, 3.05) is 17.2 Å². The van der Waals surface area contributed by atoms with Crippen LogP contribution in [0.4, 0.5) is 10.1 Å². The number of halogens is 1. The number of ether oxygens (including phenoxy) is 2. The number of carbonyl (C=O) groups excluding carboxylic acids is 1. The summed E-state index contributed by atoms with van der Waals surface area (Å²) in [6.45, 7) is 2.15. The molecule has 0 fully saturated rings. The Balaban J connectivity index is 1.68. The maximum absolute atomic E-state index is 14.2. The molecule has 0 aromatic heterocycles. The Morgan fingerprint density at radius 3 is 2.29 bits per heavy atom. The van der Waals surface area contributed by atoms with Gasteiger partial charge in [0.25, 0.3) is 0 Å². The molecule has 180 valence electrons. The molecule has 6 nitrogen and oxygen atoms in total. The zero-order valence-corrected chi connectivity index (χ0v) is 20.1. The van der Waals surface area contributed by atoms with Gasteiger partial charge in [-0.05, 0) is 48.2 Å². The Morgan fingerprint density at radius 1 is 0.971 bits per heavy atom. The van der Waals surface area contributed by atoms with Gasteiger partial charge in [0.2, 0.25) is 15.9 Å². The van der Waals surface area contributed by atoms with Crippen LogP contribution in [-0.2, 0) is 27.8 Å². The molecule has 0 radical (unpaired) electrons. The van der Waals surface area contributed by atoms with Crippen molar-refractivity contribution in [3.63, 3.8) is 0 Å². The second-order valence-electron chi connectivity index (χ2n) is 7.71. The molecular weight excluding hydrogens is 457 g/mol. The number of benzene rings is 3. The molecule has 0 aliphatic heterocycles. The van der Waals surface area contributed by atoms with Crippen LogP contribution in [0.1, 0.15) is 30.9 Å². The van der Waals surface area contributed by atoms with Crippen molar-refractivity contribution < 1.29 is 27.1 Å². The van der Waals surface area contributed by atoms with Gasteiger partial charge in [-0.3, -0.25) is 4.79 Å². The van der Waals surface area contributed by atoms with E-state index in [1.54, 1.807) is 6.92 Å². The predicted molar refractivity (Wildman–Crippen MR) is 130 cm³/mol. The standard InChI is InChI=1S/C26H28FNO5S/c1-3-17-34(30,31)28(22-12-15-25(32-2)24(27)18-22)26(29)16-11-20-9-13-23(14-10-20)33-19-21-7-5-4-6-8-21/h4-10,12-15,18H,3,11,16-17,19H2,1-2H3. The van der Waals surface area contributed by atoms with E-state index in [0.717, 1.165) is 17.2 Å². The van der Waals surface area contributed by atoms with E-state index in [9.17, 15) is 17.6 Å². The summed E-state index contributed by atoms with van der Waals surface area (Å²) in [4.78, 5) is 13.0. The third-order valence-corrected chi connectivity index (χ3v) is 7.03. The molecule has 3 aromatic rings. The second-order valence-corrected chi connectivity index (χ2v) is 9.65. The third kappa shape index (κ3) is 6.57. The summed E-state index contributed by atoms with van der Waals surface area (Å²) in [6, 6.07) is 20.8. The van der Waals surface area contributed by atoms with Crippen molar-refractivity contribution in [3.05, 3.63) is 89.7 Å². The molecule has 0 heterocycles. The molecule has 1 amide bonds. The van der Waals surface area contributed by atoms with Crippen molar-refractivity contribution in [1.82, 2.24) is 0 Å². The number of rotatable bonds is 11. The van der Waals surface area contributed by atoms with E-state index < -0.39 is 21.7 Å². The maximum Gasteiger partial charge on any atom is 0.241 e.